The summed E-state index contributed by atoms with van der Waals surface area (Å²) >= 11 is 1.54. The average molecular weight is 513 g/mol. The third-order valence-electron chi connectivity index (χ3n) is 7.11. The summed E-state index contributed by atoms with van der Waals surface area (Å²) < 4.78 is 0. The highest BCUT2D eigenvalue weighted by Crippen LogP contribution is 2.31. The number of carboxylic acid groups (broad SMARTS) is 1. The Morgan fingerprint density at radius 2 is 1.81 bits per heavy atom. The molecule has 36 heavy (non-hydrogen) atoms. The summed E-state index contributed by atoms with van der Waals surface area (Å²) in [7, 11) is 0. The van der Waals surface area contributed by atoms with E-state index < -0.39 is 24.1 Å². The second kappa shape index (κ2) is 13.8. The molecule has 7 heteroatoms. The molecule has 2 aromatic carbocycles. The second-order valence-electron chi connectivity index (χ2n) is 9.98. The number of rotatable bonds is 12. The van der Waals surface area contributed by atoms with Crippen LogP contribution in [0.3, 0.4) is 0 Å². The van der Waals surface area contributed by atoms with Crippen molar-refractivity contribution < 1.29 is 19.8 Å². The molecular formula is C29H40N2O4S. The normalized spacial score (nSPS) is 16.8. The van der Waals surface area contributed by atoms with Gasteiger partial charge < -0.3 is 15.5 Å². The molecule has 0 spiro atoms. The lowest BCUT2D eigenvalue weighted by Gasteiger charge is -2.27. The van der Waals surface area contributed by atoms with Gasteiger partial charge in [-0.1, -0.05) is 62.4 Å². The molecule has 1 aliphatic rings. The highest BCUT2D eigenvalue weighted by Gasteiger charge is 2.24. The van der Waals surface area contributed by atoms with Gasteiger partial charge >= 0.3 is 5.97 Å². The van der Waals surface area contributed by atoms with Crippen molar-refractivity contribution >= 4 is 23.6 Å². The topological polar surface area (TPSA) is 98.7 Å². The van der Waals surface area contributed by atoms with E-state index in [-0.39, 0.29) is 6.04 Å². The van der Waals surface area contributed by atoms with E-state index in [2.05, 4.69) is 17.6 Å². The predicted molar refractivity (Wildman–Crippen MR) is 147 cm³/mol. The molecule has 0 aromatic heterocycles. The first-order valence-corrected chi connectivity index (χ1v) is 14.4. The fraction of sp³-hybridized carbons (Fsp3) is 0.517. The Kier molecular flexibility index (Phi) is 10.8. The van der Waals surface area contributed by atoms with Crippen LogP contribution in [0.4, 0.5) is 0 Å². The van der Waals surface area contributed by atoms with Crippen LogP contribution in [0.1, 0.15) is 79.6 Å². The van der Waals surface area contributed by atoms with E-state index in [1.807, 2.05) is 43.5 Å². The van der Waals surface area contributed by atoms with Crippen molar-refractivity contribution in [2.75, 3.05) is 12.0 Å². The molecule has 0 radical (unpaired) electrons. The van der Waals surface area contributed by atoms with Crippen LogP contribution in [0.25, 0.3) is 11.1 Å². The smallest absolute Gasteiger partial charge is 0.326 e. The van der Waals surface area contributed by atoms with E-state index >= 15 is 0 Å². The second-order valence-corrected chi connectivity index (χ2v) is 11.0. The van der Waals surface area contributed by atoms with Gasteiger partial charge in [-0.3, -0.25) is 10.1 Å². The quantitative estimate of drug-likeness (QED) is 0.279. The lowest BCUT2D eigenvalue weighted by molar-refractivity contribution is -0.139. The number of aryl methyl sites for hydroxylation is 1. The monoisotopic (exact) mass is 512 g/mol. The number of benzene rings is 2. The first-order valence-electron chi connectivity index (χ1n) is 13.0. The molecule has 2 aromatic rings. The molecule has 4 N–H and O–H groups in total. The van der Waals surface area contributed by atoms with Crippen LogP contribution in [-0.4, -0.2) is 46.2 Å². The van der Waals surface area contributed by atoms with Crippen molar-refractivity contribution in [2.24, 2.45) is 5.92 Å². The first-order chi connectivity index (χ1) is 17.3. The summed E-state index contributed by atoms with van der Waals surface area (Å²) in [4.78, 5) is 25.0. The van der Waals surface area contributed by atoms with Gasteiger partial charge in [0.2, 0.25) is 0 Å². The lowest BCUT2D eigenvalue weighted by Crippen LogP contribution is -2.41. The summed E-state index contributed by atoms with van der Waals surface area (Å²) in [6, 6.07) is 12.3. The van der Waals surface area contributed by atoms with Crippen LogP contribution in [-0.2, 0) is 4.79 Å². The maximum atomic E-state index is 13.2. The van der Waals surface area contributed by atoms with E-state index in [0.717, 1.165) is 17.5 Å². The summed E-state index contributed by atoms with van der Waals surface area (Å²) in [6.45, 7) is 4.09. The van der Waals surface area contributed by atoms with E-state index in [0.29, 0.717) is 34.8 Å². The third kappa shape index (κ3) is 7.82. The van der Waals surface area contributed by atoms with Crippen LogP contribution in [0.15, 0.2) is 42.5 Å². The van der Waals surface area contributed by atoms with E-state index in [1.165, 1.54) is 32.1 Å². The number of nitrogens with one attached hydrogen (secondary N) is 2. The number of hydrogen-bond donors (Lipinski definition) is 4. The molecule has 1 saturated carbocycles. The van der Waals surface area contributed by atoms with E-state index in [1.54, 1.807) is 23.9 Å². The van der Waals surface area contributed by atoms with Gasteiger partial charge in [-0.2, -0.15) is 11.8 Å². The first kappa shape index (κ1) is 28.2. The van der Waals surface area contributed by atoms with Crippen molar-refractivity contribution in [3.05, 3.63) is 59.2 Å². The number of aliphatic carboxylic acids is 1. The summed E-state index contributed by atoms with van der Waals surface area (Å²) in [5.74, 6) is -0.132. The Bertz CT molecular complexity index is 1020. The molecule has 3 rings (SSSR count). The van der Waals surface area contributed by atoms with Crippen LogP contribution in [0.2, 0.25) is 0 Å². The Hall–Kier alpha value is -2.35. The Morgan fingerprint density at radius 3 is 2.47 bits per heavy atom. The van der Waals surface area contributed by atoms with Crippen molar-refractivity contribution in [3.8, 4) is 11.1 Å². The maximum Gasteiger partial charge on any atom is 0.326 e. The highest BCUT2D eigenvalue weighted by molar-refractivity contribution is 7.98. The van der Waals surface area contributed by atoms with Crippen LogP contribution in [0, 0.1) is 12.8 Å². The highest BCUT2D eigenvalue weighted by atomic mass is 32.2. The van der Waals surface area contributed by atoms with E-state index in [9.17, 15) is 19.8 Å². The standard InChI is InChI=1S/C29H40N2O4S/c1-19-9-7-8-12-23(19)25-18-22(27(32)30-20(2)17-21-10-5-4-6-11-21)13-14-24(25)28(33)31-26(29(34)35)15-16-36-3/h7-9,12-14,18,20-21,26-27,30,32H,4-6,10-11,15-17H2,1-3H3,(H,31,33)(H,34,35). The van der Waals surface area contributed by atoms with Crippen LogP contribution < -0.4 is 10.6 Å². The molecule has 1 fully saturated rings. The summed E-state index contributed by atoms with van der Waals surface area (Å²) in [5.41, 5.74) is 3.62. The number of carbonyl (C=O) groups is 2. The van der Waals surface area contributed by atoms with Gasteiger partial charge in [-0.25, -0.2) is 4.79 Å². The molecule has 196 valence electrons. The zero-order valence-electron chi connectivity index (χ0n) is 21.6. The van der Waals surface area contributed by atoms with Gasteiger partial charge in [-0.15, -0.1) is 0 Å². The largest absolute Gasteiger partial charge is 0.480 e. The molecular weight excluding hydrogens is 472 g/mol. The molecule has 1 amide bonds. The average Bonchev–Trinajstić information content (AvgIpc) is 2.86. The van der Waals surface area contributed by atoms with Crippen molar-refractivity contribution in [1.82, 2.24) is 10.6 Å². The molecule has 0 heterocycles. The zero-order chi connectivity index (χ0) is 26.1. The number of thioether (sulfide) groups is 1. The van der Waals surface area contributed by atoms with Crippen LogP contribution in [0.5, 0.6) is 0 Å². The number of amides is 1. The fourth-order valence-electron chi connectivity index (χ4n) is 5.11. The summed E-state index contributed by atoms with van der Waals surface area (Å²) in [6.07, 6.45) is 8.87. The minimum absolute atomic E-state index is 0.167. The SMILES string of the molecule is CSCCC(NC(=O)c1ccc(C(O)NC(C)CC2CCCCC2)cc1-c1ccccc1C)C(=O)O. The third-order valence-corrected chi connectivity index (χ3v) is 7.75. The van der Waals surface area contributed by atoms with Crippen molar-refractivity contribution in [1.29, 1.82) is 0 Å². The maximum absolute atomic E-state index is 13.2. The van der Waals surface area contributed by atoms with Crippen LogP contribution >= 0.6 is 11.8 Å². The molecule has 6 nitrogen and oxygen atoms in total. The Balaban J connectivity index is 1.84. The number of hydrogen-bond acceptors (Lipinski definition) is 5. The number of aliphatic hydroxyl groups excluding tert-OH is 1. The van der Waals surface area contributed by atoms with Gasteiger partial charge in [-0.05, 0) is 79.0 Å². The number of carboxylic acids is 1. The Morgan fingerprint density at radius 1 is 1.08 bits per heavy atom. The van der Waals surface area contributed by atoms with Gasteiger partial charge in [0.05, 0.1) is 0 Å². The predicted octanol–water partition coefficient (Wildman–Crippen LogP) is 5.54. The van der Waals surface area contributed by atoms with Gasteiger partial charge in [0.1, 0.15) is 12.3 Å². The molecule has 3 unspecified atom stereocenters. The molecule has 3 atom stereocenters. The lowest BCUT2D eigenvalue weighted by atomic mass is 9.85. The summed E-state index contributed by atoms with van der Waals surface area (Å²) in [5, 5.41) is 26.6. The minimum atomic E-state index is -1.04. The fourth-order valence-corrected chi connectivity index (χ4v) is 5.58. The molecule has 0 saturated heterocycles. The Labute approximate surface area is 219 Å². The van der Waals surface area contributed by atoms with E-state index in [4.69, 9.17) is 0 Å². The van der Waals surface area contributed by atoms with Crippen molar-refractivity contribution in [2.45, 2.75) is 77.1 Å². The molecule has 0 aliphatic heterocycles. The van der Waals surface area contributed by atoms with Crippen molar-refractivity contribution in [3.63, 3.8) is 0 Å². The van der Waals surface area contributed by atoms with Gasteiger partial charge in [0.25, 0.3) is 5.91 Å². The minimum Gasteiger partial charge on any atom is -0.480 e. The zero-order valence-corrected chi connectivity index (χ0v) is 22.4. The van der Waals surface area contributed by atoms with Gasteiger partial charge in [0, 0.05) is 11.6 Å². The molecule has 1 aliphatic carbocycles. The number of carbonyl (C=O) groups excluding carboxylic acids is 1. The number of aliphatic hydroxyl groups is 1. The van der Waals surface area contributed by atoms with Gasteiger partial charge in [0.15, 0.2) is 0 Å². The molecule has 0 bridgehead atoms.